The Hall–Kier alpha value is -3.19. The van der Waals surface area contributed by atoms with Crippen LogP contribution in [0.1, 0.15) is 29.7 Å². The molecule has 1 saturated heterocycles. The number of carbonyl (C=O) groups excluding carboxylic acids is 2. The summed E-state index contributed by atoms with van der Waals surface area (Å²) >= 11 is 0. The number of aliphatic hydroxyl groups is 1. The van der Waals surface area contributed by atoms with Crippen molar-refractivity contribution in [3.05, 3.63) is 70.5 Å². The average Bonchev–Trinajstić information content (AvgIpc) is 2.98. The van der Waals surface area contributed by atoms with Crippen molar-refractivity contribution in [1.29, 1.82) is 0 Å². The summed E-state index contributed by atoms with van der Waals surface area (Å²) in [6.07, 6.45) is 0. The number of ketones is 1. The minimum atomic E-state index is -1.05. The Bertz CT molecular complexity index is 1000. The molecule has 0 aromatic heterocycles. The molecule has 0 aliphatic carbocycles. The van der Waals surface area contributed by atoms with Crippen LogP contribution in [-0.4, -0.2) is 48.6 Å². The Kier molecular flexibility index (Phi) is 6.52. The van der Waals surface area contributed by atoms with E-state index in [1.54, 1.807) is 24.3 Å². The van der Waals surface area contributed by atoms with Crippen LogP contribution in [0.15, 0.2) is 48.0 Å². The first kappa shape index (κ1) is 21.5. The van der Waals surface area contributed by atoms with Crippen molar-refractivity contribution in [3.63, 3.8) is 0 Å². The molecule has 0 spiro atoms. The lowest BCUT2D eigenvalue weighted by Gasteiger charge is -2.25. The number of carbonyl (C=O) groups is 2. The minimum absolute atomic E-state index is 0.0825. The first-order valence-electron chi connectivity index (χ1n) is 9.66. The largest absolute Gasteiger partial charge is 0.507 e. The maximum absolute atomic E-state index is 14.6. The summed E-state index contributed by atoms with van der Waals surface area (Å²) in [6, 6.07) is 9.82. The Morgan fingerprint density at radius 1 is 1.20 bits per heavy atom. The average molecular weight is 413 g/mol. The van der Waals surface area contributed by atoms with Crippen LogP contribution >= 0.6 is 0 Å². The van der Waals surface area contributed by atoms with Crippen LogP contribution in [-0.2, 0) is 14.3 Å². The van der Waals surface area contributed by atoms with Gasteiger partial charge < -0.3 is 19.5 Å². The van der Waals surface area contributed by atoms with Gasteiger partial charge in [-0.25, -0.2) is 4.39 Å². The van der Waals surface area contributed by atoms with Gasteiger partial charge in [-0.05, 0) is 43.7 Å². The van der Waals surface area contributed by atoms with Gasteiger partial charge in [0.1, 0.15) is 17.3 Å². The molecule has 0 radical (unpaired) electrons. The molecule has 1 N–H and O–H groups in total. The first-order valence-corrected chi connectivity index (χ1v) is 9.66. The van der Waals surface area contributed by atoms with Crippen LogP contribution in [0, 0.1) is 12.7 Å². The molecule has 1 aliphatic heterocycles. The number of aryl methyl sites for hydroxylation is 1. The number of rotatable bonds is 7. The SMILES string of the molecule is CCOc1ccc(/C(O)=C2\C(=O)C(=O)N(CCOC)C2c2ccccc2F)cc1C. The zero-order chi connectivity index (χ0) is 21.8. The van der Waals surface area contributed by atoms with Gasteiger partial charge >= 0.3 is 0 Å². The standard InChI is InChI=1S/C23H24FNO5/c1-4-30-18-10-9-15(13-14(18)2)21(26)19-20(16-7-5-6-8-17(16)24)25(11-12-29-3)23(28)22(19)27/h5-10,13,20,26H,4,11-12H2,1-3H3/b21-19+. The van der Waals surface area contributed by atoms with Crippen molar-refractivity contribution in [2.45, 2.75) is 19.9 Å². The molecule has 2 aromatic carbocycles. The second-order valence-corrected chi connectivity index (χ2v) is 6.92. The highest BCUT2D eigenvalue weighted by Crippen LogP contribution is 2.40. The van der Waals surface area contributed by atoms with Crippen molar-refractivity contribution in [2.24, 2.45) is 0 Å². The molecule has 3 rings (SSSR count). The zero-order valence-electron chi connectivity index (χ0n) is 17.1. The normalized spacial score (nSPS) is 18.1. The number of methoxy groups -OCH3 is 1. The fourth-order valence-corrected chi connectivity index (χ4v) is 3.59. The van der Waals surface area contributed by atoms with E-state index in [2.05, 4.69) is 0 Å². The molecule has 0 saturated carbocycles. The van der Waals surface area contributed by atoms with Crippen LogP contribution < -0.4 is 4.74 Å². The third-order valence-corrected chi connectivity index (χ3v) is 5.02. The Morgan fingerprint density at radius 3 is 2.57 bits per heavy atom. The van der Waals surface area contributed by atoms with E-state index in [0.29, 0.717) is 17.9 Å². The second kappa shape index (κ2) is 9.09. The highest BCUT2D eigenvalue weighted by Gasteiger charge is 2.46. The Labute approximate surface area is 174 Å². The Balaban J connectivity index is 2.16. The predicted octanol–water partition coefficient (Wildman–Crippen LogP) is 3.60. The Morgan fingerprint density at radius 2 is 1.93 bits per heavy atom. The van der Waals surface area contributed by atoms with E-state index in [1.165, 1.54) is 30.2 Å². The van der Waals surface area contributed by atoms with Crippen LogP contribution in [0.2, 0.25) is 0 Å². The van der Waals surface area contributed by atoms with Gasteiger partial charge in [0.15, 0.2) is 0 Å². The van der Waals surface area contributed by atoms with E-state index in [0.717, 1.165) is 5.56 Å². The van der Waals surface area contributed by atoms with E-state index in [-0.39, 0.29) is 30.0 Å². The molecule has 0 bridgehead atoms. The number of nitrogens with zero attached hydrogens (tertiary/aromatic N) is 1. The second-order valence-electron chi connectivity index (χ2n) is 6.92. The van der Waals surface area contributed by atoms with Crippen LogP contribution in [0.4, 0.5) is 4.39 Å². The molecule has 2 aromatic rings. The van der Waals surface area contributed by atoms with Gasteiger partial charge in [-0.1, -0.05) is 18.2 Å². The van der Waals surface area contributed by atoms with E-state index in [4.69, 9.17) is 9.47 Å². The molecule has 1 aliphatic rings. The monoisotopic (exact) mass is 413 g/mol. The summed E-state index contributed by atoms with van der Waals surface area (Å²) < 4.78 is 25.2. The molecule has 1 amide bonds. The summed E-state index contributed by atoms with van der Waals surface area (Å²) in [5, 5.41) is 11.0. The van der Waals surface area contributed by atoms with Crippen LogP contribution in [0.3, 0.4) is 0 Å². The van der Waals surface area contributed by atoms with E-state index >= 15 is 0 Å². The highest BCUT2D eigenvalue weighted by molar-refractivity contribution is 6.46. The summed E-state index contributed by atoms with van der Waals surface area (Å²) in [5.41, 5.74) is 1.10. The topological polar surface area (TPSA) is 76.1 Å². The lowest BCUT2D eigenvalue weighted by molar-refractivity contribution is -0.140. The van der Waals surface area contributed by atoms with Gasteiger partial charge in [-0.3, -0.25) is 9.59 Å². The molecule has 7 heteroatoms. The zero-order valence-corrected chi connectivity index (χ0v) is 17.1. The summed E-state index contributed by atoms with van der Waals surface area (Å²) in [5.74, 6) is -1.93. The molecule has 158 valence electrons. The molecular weight excluding hydrogens is 389 g/mol. The third kappa shape index (κ3) is 3.93. The van der Waals surface area contributed by atoms with Gasteiger partial charge in [0.25, 0.3) is 11.7 Å². The third-order valence-electron chi connectivity index (χ3n) is 5.02. The van der Waals surface area contributed by atoms with Crippen molar-refractivity contribution in [1.82, 2.24) is 4.90 Å². The van der Waals surface area contributed by atoms with E-state index in [1.807, 2.05) is 13.8 Å². The van der Waals surface area contributed by atoms with Crippen LogP contribution in [0.25, 0.3) is 5.76 Å². The molecule has 1 heterocycles. The number of amides is 1. The molecule has 1 fully saturated rings. The molecule has 1 unspecified atom stereocenters. The fourth-order valence-electron chi connectivity index (χ4n) is 3.59. The summed E-state index contributed by atoms with van der Waals surface area (Å²) in [6.45, 7) is 4.42. The van der Waals surface area contributed by atoms with Gasteiger partial charge in [0.2, 0.25) is 0 Å². The van der Waals surface area contributed by atoms with Gasteiger partial charge in [-0.15, -0.1) is 0 Å². The number of benzene rings is 2. The number of ether oxygens (including phenoxy) is 2. The number of hydrogen-bond acceptors (Lipinski definition) is 5. The first-order chi connectivity index (χ1) is 14.4. The number of halogens is 1. The predicted molar refractivity (Wildman–Crippen MR) is 110 cm³/mol. The maximum atomic E-state index is 14.6. The van der Waals surface area contributed by atoms with E-state index in [9.17, 15) is 19.1 Å². The lowest BCUT2D eigenvalue weighted by Crippen LogP contribution is -2.33. The minimum Gasteiger partial charge on any atom is -0.507 e. The highest BCUT2D eigenvalue weighted by atomic mass is 19.1. The maximum Gasteiger partial charge on any atom is 0.295 e. The number of hydrogen-bond donors (Lipinski definition) is 1. The van der Waals surface area contributed by atoms with E-state index < -0.39 is 23.5 Å². The lowest BCUT2D eigenvalue weighted by atomic mass is 9.94. The summed E-state index contributed by atoms with van der Waals surface area (Å²) in [7, 11) is 1.47. The number of likely N-dealkylation sites (tertiary alicyclic amines) is 1. The fraction of sp³-hybridized carbons (Fsp3) is 0.304. The van der Waals surface area contributed by atoms with Gasteiger partial charge in [-0.2, -0.15) is 0 Å². The molecule has 30 heavy (non-hydrogen) atoms. The van der Waals surface area contributed by atoms with Gasteiger partial charge in [0, 0.05) is 24.8 Å². The van der Waals surface area contributed by atoms with Crippen molar-refractivity contribution in [3.8, 4) is 5.75 Å². The van der Waals surface area contributed by atoms with Gasteiger partial charge in [0.05, 0.1) is 24.8 Å². The number of Topliss-reactive ketones (excluding diaryl/α,β-unsaturated/α-hetero) is 1. The number of aliphatic hydroxyl groups excluding tert-OH is 1. The molecule has 6 nitrogen and oxygen atoms in total. The quantitative estimate of drug-likeness (QED) is 0.426. The summed E-state index contributed by atoms with van der Waals surface area (Å²) in [4.78, 5) is 26.8. The molecule has 1 atom stereocenters. The van der Waals surface area contributed by atoms with Crippen LogP contribution in [0.5, 0.6) is 5.75 Å². The van der Waals surface area contributed by atoms with Crippen molar-refractivity contribution in [2.75, 3.05) is 26.9 Å². The smallest absolute Gasteiger partial charge is 0.295 e. The van der Waals surface area contributed by atoms with Crippen molar-refractivity contribution >= 4 is 17.4 Å². The molecular formula is C23H24FNO5. The van der Waals surface area contributed by atoms with Crippen molar-refractivity contribution < 1.29 is 28.6 Å².